The van der Waals surface area contributed by atoms with Gasteiger partial charge in [-0.05, 0) is 43.9 Å². The molecule has 0 aromatic heterocycles. The largest absolute Gasteiger partial charge is 0.506 e. The fourth-order valence-corrected chi connectivity index (χ4v) is 3.35. The molecule has 2 rings (SSSR count). The average Bonchev–Trinajstić information content (AvgIpc) is 2.45. The summed E-state index contributed by atoms with van der Waals surface area (Å²) < 4.78 is 0. The van der Waals surface area contributed by atoms with E-state index in [0.717, 1.165) is 42.7 Å². The molecule has 0 spiro atoms. The summed E-state index contributed by atoms with van der Waals surface area (Å²) in [6, 6.07) is 4.03. The molecule has 0 aliphatic heterocycles. The summed E-state index contributed by atoms with van der Waals surface area (Å²) in [6.07, 6.45) is 1.27. The predicted octanol–water partition coefficient (Wildman–Crippen LogP) is 3.01. The number of phenols is 1. The Kier molecular flexibility index (Phi) is 6.98. The van der Waals surface area contributed by atoms with Crippen LogP contribution in [0.2, 0.25) is 0 Å². The van der Waals surface area contributed by atoms with Crippen LogP contribution in [0, 0.1) is 0 Å². The quantitative estimate of drug-likeness (QED) is 0.777. The third kappa shape index (κ3) is 3.67. The number of fused-ring (bicyclic) bond motifs is 1. The Morgan fingerprint density at radius 3 is 2.45 bits per heavy atom. The van der Waals surface area contributed by atoms with Crippen LogP contribution in [0.5, 0.6) is 5.75 Å². The SMILES string of the molecule is CCN(CC)c1c(O)ccc2c1CC[C@H](NC(C)C)[C@H]2O.Cl. The van der Waals surface area contributed by atoms with Crippen molar-refractivity contribution < 1.29 is 10.2 Å². The number of nitrogens with one attached hydrogen (secondary N) is 1. The molecule has 126 valence electrons. The number of nitrogens with zero attached hydrogens (tertiary/aromatic N) is 1. The zero-order valence-corrected chi connectivity index (χ0v) is 14.8. The van der Waals surface area contributed by atoms with Gasteiger partial charge in [0.25, 0.3) is 0 Å². The maximum Gasteiger partial charge on any atom is 0.139 e. The molecule has 0 fully saturated rings. The topological polar surface area (TPSA) is 55.7 Å². The van der Waals surface area contributed by atoms with E-state index in [0.29, 0.717) is 11.8 Å². The number of aliphatic hydroxyl groups excluding tert-OH is 1. The molecular formula is C17H29ClN2O2. The zero-order valence-electron chi connectivity index (χ0n) is 14.0. The summed E-state index contributed by atoms with van der Waals surface area (Å²) in [5, 5.41) is 24.3. The van der Waals surface area contributed by atoms with Gasteiger partial charge in [-0.25, -0.2) is 0 Å². The first-order valence-corrected chi connectivity index (χ1v) is 8.03. The number of anilines is 1. The average molecular weight is 329 g/mol. The van der Waals surface area contributed by atoms with Crippen LogP contribution in [0.4, 0.5) is 5.69 Å². The highest BCUT2D eigenvalue weighted by molar-refractivity contribution is 5.85. The van der Waals surface area contributed by atoms with Gasteiger partial charge in [-0.15, -0.1) is 12.4 Å². The van der Waals surface area contributed by atoms with Crippen molar-refractivity contribution >= 4 is 18.1 Å². The Bertz CT molecular complexity index is 490. The summed E-state index contributed by atoms with van der Waals surface area (Å²) in [7, 11) is 0. The first-order valence-electron chi connectivity index (χ1n) is 8.03. The minimum Gasteiger partial charge on any atom is -0.506 e. The molecule has 0 bridgehead atoms. The van der Waals surface area contributed by atoms with Crippen LogP contribution >= 0.6 is 12.4 Å². The highest BCUT2D eigenvalue weighted by Gasteiger charge is 2.31. The van der Waals surface area contributed by atoms with Crippen LogP contribution in [-0.2, 0) is 6.42 Å². The van der Waals surface area contributed by atoms with Gasteiger partial charge in [-0.2, -0.15) is 0 Å². The van der Waals surface area contributed by atoms with Gasteiger partial charge < -0.3 is 20.4 Å². The number of halogens is 1. The van der Waals surface area contributed by atoms with Crippen molar-refractivity contribution in [2.24, 2.45) is 0 Å². The van der Waals surface area contributed by atoms with Crippen LogP contribution in [0.3, 0.4) is 0 Å². The van der Waals surface area contributed by atoms with Crippen LogP contribution in [0.15, 0.2) is 12.1 Å². The second-order valence-electron chi connectivity index (χ2n) is 6.08. The van der Waals surface area contributed by atoms with Crippen LogP contribution in [0.25, 0.3) is 0 Å². The van der Waals surface area contributed by atoms with E-state index in [1.807, 2.05) is 6.07 Å². The summed E-state index contributed by atoms with van der Waals surface area (Å²) in [6.45, 7) is 10.1. The molecule has 0 saturated carbocycles. The second kappa shape index (κ2) is 8.04. The molecule has 4 nitrogen and oxygen atoms in total. The van der Waals surface area contributed by atoms with Gasteiger partial charge in [0.05, 0.1) is 11.8 Å². The van der Waals surface area contributed by atoms with Gasteiger partial charge in [-0.3, -0.25) is 0 Å². The van der Waals surface area contributed by atoms with Gasteiger partial charge in [0.15, 0.2) is 0 Å². The Balaban J connectivity index is 0.00000242. The fraction of sp³-hybridized carbons (Fsp3) is 0.647. The molecule has 1 aliphatic rings. The molecule has 3 N–H and O–H groups in total. The molecule has 22 heavy (non-hydrogen) atoms. The third-order valence-electron chi connectivity index (χ3n) is 4.33. The number of aliphatic hydroxyl groups is 1. The molecule has 1 aromatic rings. The molecule has 0 amide bonds. The lowest BCUT2D eigenvalue weighted by atomic mass is 9.84. The van der Waals surface area contributed by atoms with E-state index in [1.165, 1.54) is 0 Å². The van der Waals surface area contributed by atoms with Gasteiger partial charge in [-0.1, -0.05) is 19.9 Å². The highest BCUT2D eigenvalue weighted by Crippen LogP contribution is 2.41. The Morgan fingerprint density at radius 1 is 1.27 bits per heavy atom. The number of hydrogen-bond acceptors (Lipinski definition) is 4. The fourth-order valence-electron chi connectivity index (χ4n) is 3.35. The molecule has 1 aromatic carbocycles. The molecule has 0 radical (unpaired) electrons. The van der Waals surface area contributed by atoms with Crippen molar-refractivity contribution in [1.29, 1.82) is 0 Å². The maximum absolute atomic E-state index is 10.6. The molecular weight excluding hydrogens is 300 g/mol. The number of hydrogen-bond donors (Lipinski definition) is 3. The molecule has 0 saturated heterocycles. The van der Waals surface area contributed by atoms with Crippen LogP contribution < -0.4 is 10.2 Å². The molecule has 5 heteroatoms. The predicted molar refractivity (Wildman–Crippen MR) is 94.3 cm³/mol. The van der Waals surface area contributed by atoms with E-state index in [1.54, 1.807) is 6.07 Å². The number of benzene rings is 1. The van der Waals surface area contributed by atoms with Crippen molar-refractivity contribution in [3.05, 3.63) is 23.3 Å². The normalized spacial score (nSPS) is 20.5. The van der Waals surface area contributed by atoms with Gasteiger partial charge in [0.1, 0.15) is 5.75 Å². The van der Waals surface area contributed by atoms with Crippen molar-refractivity contribution in [1.82, 2.24) is 5.32 Å². The monoisotopic (exact) mass is 328 g/mol. The van der Waals surface area contributed by atoms with Crippen LogP contribution in [-0.4, -0.2) is 35.4 Å². The second-order valence-corrected chi connectivity index (χ2v) is 6.08. The van der Waals surface area contributed by atoms with E-state index in [-0.39, 0.29) is 18.4 Å². The summed E-state index contributed by atoms with van der Waals surface area (Å²) in [5.74, 6) is 0.319. The first-order chi connectivity index (χ1) is 9.99. The van der Waals surface area contributed by atoms with Crippen molar-refractivity contribution in [3.63, 3.8) is 0 Å². The minimum atomic E-state index is -0.508. The number of phenolic OH excluding ortho intramolecular Hbond substituents is 1. The lowest BCUT2D eigenvalue weighted by Crippen LogP contribution is -2.42. The van der Waals surface area contributed by atoms with Crippen molar-refractivity contribution in [2.45, 2.75) is 58.7 Å². The van der Waals surface area contributed by atoms with E-state index in [4.69, 9.17) is 0 Å². The lowest BCUT2D eigenvalue weighted by molar-refractivity contribution is 0.110. The summed E-state index contributed by atoms with van der Waals surface area (Å²) >= 11 is 0. The first kappa shape index (κ1) is 19.1. The van der Waals surface area contributed by atoms with Crippen molar-refractivity contribution in [2.75, 3.05) is 18.0 Å². The Labute approximate surface area is 139 Å². The highest BCUT2D eigenvalue weighted by atomic mass is 35.5. The van der Waals surface area contributed by atoms with E-state index < -0.39 is 6.10 Å². The van der Waals surface area contributed by atoms with Gasteiger partial charge in [0.2, 0.25) is 0 Å². The molecule has 1 aliphatic carbocycles. The van der Waals surface area contributed by atoms with Crippen molar-refractivity contribution in [3.8, 4) is 5.75 Å². The third-order valence-corrected chi connectivity index (χ3v) is 4.33. The van der Waals surface area contributed by atoms with E-state index in [9.17, 15) is 10.2 Å². The Hall–Kier alpha value is -0.970. The van der Waals surface area contributed by atoms with E-state index >= 15 is 0 Å². The molecule has 0 heterocycles. The van der Waals surface area contributed by atoms with Gasteiger partial charge >= 0.3 is 0 Å². The standard InChI is InChI=1S/C17H28N2O2.ClH/c1-5-19(6-2)16-12-7-9-14(18-11(3)4)17(21)13(12)8-10-15(16)20;/h8,10-11,14,17-18,20-21H,5-7,9H2,1-4H3;1H/t14-,17-;/m0./s1. The van der Waals surface area contributed by atoms with Gasteiger partial charge in [0, 0.05) is 25.2 Å². The Morgan fingerprint density at radius 2 is 1.91 bits per heavy atom. The number of aromatic hydroxyl groups is 1. The zero-order chi connectivity index (χ0) is 15.6. The molecule has 0 unspecified atom stereocenters. The minimum absolute atomic E-state index is 0. The van der Waals surface area contributed by atoms with E-state index in [2.05, 4.69) is 37.9 Å². The summed E-state index contributed by atoms with van der Waals surface area (Å²) in [5.41, 5.74) is 2.96. The van der Waals surface area contributed by atoms with Crippen LogP contribution in [0.1, 0.15) is 51.3 Å². The lowest BCUT2D eigenvalue weighted by Gasteiger charge is -2.35. The number of rotatable bonds is 5. The smallest absolute Gasteiger partial charge is 0.139 e. The molecule has 2 atom stereocenters. The summed E-state index contributed by atoms with van der Waals surface area (Å²) in [4.78, 5) is 2.16. The maximum atomic E-state index is 10.6.